The molecule has 0 saturated heterocycles. The Morgan fingerprint density at radius 3 is 2.48 bits per heavy atom. The number of carbonyl (C=O) groups excluding carboxylic acids is 2. The lowest BCUT2D eigenvalue weighted by atomic mass is 10.2. The fourth-order valence-electron chi connectivity index (χ4n) is 2.36. The third kappa shape index (κ3) is 6.67. The highest BCUT2D eigenvalue weighted by Gasteiger charge is 2.23. The van der Waals surface area contributed by atoms with Crippen LogP contribution in [0.5, 0.6) is 11.5 Å². The molecule has 0 aromatic heterocycles. The molecule has 1 N–H and O–H groups in total. The Morgan fingerprint density at radius 2 is 1.87 bits per heavy atom. The van der Waals surface area contributed by atoms with Gasteiger partial charge in [-0.2, -0.15) is 5.10 Å². The number of anilines is 1. The molecule has 0 atom stereocenters. The number of nitrogens with one attached hydrogen (secondary N) is 1. The molecule has 31 heavy (non-hydrogen) atoms. The Labute approximate surface area is 178 Å². The summed E-state index contributed by atoms with van der Waals surface area (Å²) in [7, 11) is -1.40. The van der Waals surface area contributed by atoms with Gasteiger partial charge in [0.2, 0.25) is 10.0 Å². The van der Waals surface area contributed by atoms with E-state index < -0.39 is 34.4 Å². The number of amides is 1. The Morgan fingerprint density at radius 1 is 1.16 bits per heavy atom. The van der Waals surface area contributed by atoms with Gasteiger partial charge in [-0.15, -0.1) is 0 Å². The molecular weight excluding hydrogens is 433 g/mol. The maximum absolute atomic E-state index is 14.0. The van der Waals surface area contributed by atoms with Crippen molar-refractivity contribution in [3.63, 3.8) is 0 Å². The summed E-state index contributed by atoms with van der Waals surface area (Å²) in [4.78, 5) is 23.4. The number of sulfonamides is 1. The number of rotatable bonds is 8. The number of ether oxygens (including phenoxy) is 3. The number of carbonyl (C=O) groups is 2. The van der Waals surface area contributed by atoms with E-state index in [1.165, 1.54) is 49.7 Å². The molecule has 2 aromatic carbocycles. The first-order valence-corrected chi connectivity index (χ1v) is 10.5. The van der Waals surface area contributed by atoms with Crippen molar-refractivity contribution in [3.05, 3.63) is 53.8 Å². The second-order valence-electron chi connectivity index (χ2n) is 5.98. The average molecular weight is 453 g/mol. The van der Waals surface area contributed by atoms with E-state index in [-0.39, 0.29) is 17.2 Å². The summed E-state index contributed by atoms with van der Waals surface area (Å²) in [6, 6.07) is 9.63. The molecule has 0 aliphatic rings. The Hall–Kier alpha value is -3.67. The van der Waals surface area contributed by atoms with Crippen LogP contribution in [0.25, 0.3) is 0 Å². The maximum Gasteiger partial charge on any atom is 0.513 e. The molecule has 0 spiro atoms. The normalized spacial score (nSPS) is 11.1. The average Bonchev–Trinajstić information content (AvgIpc) is 2.72. The van der Waals surface area contributed by atoms with E-state index in [0.717, 1.165) is 19.4 Å². The van der Waals surface area contributed by atoms with Crippen molar-refractivity contribution in [1.29, 1.82) is 0 Å². The van der Waals surface area contributed by atoms with Gasteiger partial charge in [0.25, 0.3) is 5.91 Å². The van der Waals surface area contributed by atoms with Crippen LogP contribution in [-0.4, -0.2) is 53.7 Å². The van der Waals surface area contributed by atoms with E-state index in [9.17, 15) is 22.4 Å². The quantitative estimate of drug-likeness (QED) is 0.280. The number of halogens is 1. The fourth-order valence-corrected chi connectivity index (χ4v) is 3.22. The van der Waals surface area contributed by atoms with E-state index in [0.29, 0.717) is 9.87 Å². The van der Waals surface area contributed by atoms with Crippen LogP contribution in [0.1, 0.15) is 5.56 Å². The van der Waals surface area contributed by atoms with Crippen LogP contribution in [-0.2, 0) is 19.6 Å². The molecule has 12 heteroatoms. The largest absolute Gasteiger partial charge is 0.513 e. The molecule has 0 heterocycles. The van der Waals surface area contributed by atoms with Gasteiger partial charge in [-0.05, 0) is 35.9 Å². The number of hydrogen-bond acceptors (Lipinski definition) is 8. The summed E-state index contributed by atoms with van der Waals surface area (Å²) < 4.78 is 53.1. The number of hydrogen-bond donors (Lipinski definition) is 1. The standard InChI is InChI=1S/C19H20FN3O7S/c1-28-17-10-13(8-9-16(17)30-19(25)29-2)11-21-22-18(24)12-23(31(3,26)27)15-7-5-4-6-14(15)20/h4-11H,12H2,1-3H3,(H,22,24)/b21-11-. The van der Waals surface area contributed by atoms with Crippen molar-refractivity contribution in [1.82, 2.24) is 5.43 Å². The molecule has 2 rings (SSSR count). The lowest BCUT2D eigenvalue weighted by Crippen LogP contribution is -2.39. The maximum atomic E-state index is 14.0. The third-order valence-electron chi connectivity index (χ3n) is 3.76. The van der Waals surface area contributed by atoms with E-state index in [1.54, 1.807) is 0 Å². The smallest absolute Gasteiger partial charge is 0.493 e. The first kappa shape index (κ1) is 23.6. The third-order valence-corrected chi connectivity index (χ3v) is 4.89. The fraction of sp³-hybridized carbons (Fsp3) is 0.211. The van der Waals surface area contributed by atoms with Gasteiger partial charge in [-0.25, -0.2) is 23.0 Å². The summed E-state index contributed by atoms with van der Waals surface area (Å²) in [5.41, 5.74) is 2.39. The lowest BCUT2D eigenvalue weighted by molar-refractivity contribution is -0.119. The molecule has 0 fully saturated rings. The monoisotopic (exact) mass is 453 g/mol. The van der Waals surface area contributed by atoms with Gasteiger partial charge in [-0.3, -0.25) is 9.10 Å². The number of nitrogens with zero attached hydrogens (tertiary/aromatic N) is 2. The van der Waals surface area contributed by atoms with Gasteiger partial charge in [-0.1, -0.05) is 12.1 Å². The SMILES string of the molecule is COC(=O)Oc1ccc(/C=N\NC(=O)CN(c2ccccc2F)S(C)(=O)=O)cc1OC. The first-order chi connectivity index (χ1) is 14.7. The number of para-hydroxylation sites is 1. The summed E-state index contributed by atoms with van der Waals surface area (Å²) in [6.07, 6.45) is 1.20. The highest BCUT2D eigenvalue weighted by molar-refractivity contribution is 7.92. The van der Waals surface area contributed by atoms with Crippen molar-refractivity contribution in [2.24, 2.45) is 5.10 Å². The molecule has 1 amide bonds. The zero-order chi connectivity index (χ0) is 23.0. The van der Waals surface area contributed by atoms with Crippen molar-refractivity contribution >= 4 is 34.0 Å². The minimum absolute atomic E-state index is 0.115. The first-order valence-electron chi connectivity index (χ1n) is 8.63. The van der Waals surface area contributed by atoms with Crippen LogP contribution in [0, 0.1) is 5.82 Å². The molecule has 0 aliphatic heterocycles. The van der Waals surface area contributed by atoms with Crippen LogP contribution in [0.4, 0.5) is 14.9 Å². The lowest BCUT2D eigenvalue weighted by Gasteiger charge is -2.21. The van der Waals surface area contributed by atoms with Crippen LogP contribution in [0.15, 0.2) is 47.6 Å². The number of methoxy groups -OCH3 is 2. The molecule has 0 bridgehead atoms. The molecule has 0 saturated carbocycles. The summed E-state index contributed by atoms with van der Waals surface area (Å²) >= 11 is 0. The highest BCUT2D eigenvalue weighted by atomic mass is 32.2. The van der Waals surface area contributed by atoms with Crippen LogP contribution >= 0.6 is 0 Å². The zero-order valence-electron chi connectivity index (χ0n) is 16.9. The summed E-state index contributed by atoms with van der Waals surface area (Å²) in [5.74, 6) is -1.25. The predicted molar refractivity (Wildman–Crippen MR) is 110 cm³/mol. The molecule has 10 nitrogen and oxygen atoms in total. The highest BCUT2D eigenvalue weighted by Crippen LogP contribution is 2.28. The van der Waals surface area contributed by atoms with Gasteiger partial charge >= 0.3 is 6.16 Å². The van der Waals surface area contributed by atoms with Gasteiger partial charge in [0, 0.05) is 0 Å². The van der Waals surface area contributed by atoms with E-state index in [2.05, 4.69) is 15.3 Å². The summed E-state index contributed by atoms with van der Waals surface area (Å²) in [6.45, 7) is -0.674. The van der Waals surface area contributed by atoms with E-state index >= 15 is 0 Å². The van der Waals surface area contributed by atoms with Gasteiger partial charge in [0.15, 0.2) is 11.5 Å². The minimum atomic E-state index is -3.93. The number of benzene rings is 2. The summed E-state index contributed by atoms with van der Waals surface area (Å²) in [5, 5.41) is 3.75. The van der Waals surface area contributed by atoms with Crippen LogP contribution in [0.3, 0.4) is 0 Å². The molecule has 0 radical (unpaired) electrons. The molecular formula is C19H20FN3O7S. The van der Waals surface area contributed by atoms with Crippen molar-refractivity contribution in [3.8, 4) is 11.5 Å². The van der Waals surface area contributed by atoms with Crippen molar-refractivity contribution < 1.29 is 36.6 Å². The molecule has 2 aromatic rings. The Bertz CT molecular complexity index is 1090. The zero-order valence-corrected chi connectivity index (χ0v) is 17.7. The van der Waals surface area contributed by atoms with Gasteiger partial charge < -0.3 is 14.2 Å². The van der Waals surface area contributed by atoms with E-state index in [1.807, 2.05) is 0 Å². The topological polar surface area (TPSA) is 124 Å². The molecule has 0 unspecified atom stereocenters. The van der Waals surface area contributed by atoms with Crippen molar-refractivity contribution in [2.75, 3.05) is 31.3 Å². The predicted octanol–water partition coefficient (Wildman–Crippen LogP) is 1.90. The molecule has 166 valence electrons. The Balaban J connectivity index is 2.09. The van der Waals surface area contributed by atoms with Gasteiger partial charge in [0.1, 0.15) is 12.4 Å². The Kier molecular flexibility index (Phi) is 7.91. The van der Waals surface area contributed by atoms with Gasteiger partial charge in [0.05, 0.1) is 32.4 Å². The van der Waals surface area contributed by atoms with Crippen LogP contribution in [0.2, 0.25) is 0 Å². The number of hydrazone groups is 1. The van der Waals surface area contributed by atoms with E-state index in [4.69, 9.17) is 9.47 Å². The second-order valence-corrected chi connectivity index (χ2v) is 7.89. The molecule has 0 aliphatic carbocycles. The van der Waals surface area contributed by atoms with Crippen molar-refractivity contribution in [2.45, 2.75) is 0 Å². The van der Waals surface area contributed by atoms with Crippen LogP contribution < -0.4 is 19.2 Å². The second kappa shape index (κ2) is 10.4. The minimum Gasteiger partial charge on any atom is -0.493 e.